The Bertz CT molecular complexity index is 1320. The first-order valence-electron chi connectivity index (χ1n) is 12.2. The van der Waals surface area contributed by atoms with Gasteiger partial charge in [0.25, 0.3) is 0 Å². The number of ether oxygens (including phenoxy) is 2. The van der Waals surface area contributed by atoms with E-state index < -0.39 is 10.0 Å². The van der Waals surface area contributed by atoms with E-state index in [0.717, 1.165) is 25.1 Å². The molecule has 36 heavy (non-hydrogen) atoms. The van der Waals surface area contributed by atoms with Crippen LogP contribution in [0.4, 0.5) is 0 Å². The van der Waals surface area contributed by atoms with Gasteiger partial charge in [-0.25, -0.2) is 13.0 Å². The van der Waals surface area contributed by atoms with Gasteiger partial charge in [0.2, 0.25) is 15.9 Å². The standard InChI is InChI=1S/C25H30N4O6S/c1-33-21-6-2-3-7-22(21)34-16-12-18-9-13-28(17-18)25(30)19-10-14-29(15-11-19)36(31,32)23-8-4-5-20-24(23)27-35-26-20/h2-8,18-19H,9-17H2,1H3. The van der Waals surface area contributed by atoms with Crippen molar-refractivity contribution < 1.29 is 27.3 Å². The summed E-state index contributed by atoms with van der Waals surface area (Å²) in [4.78, 5) is 15.2. The van der Waals surface area contributed by atoms with Crippen LogP contribution in [0.2, 0.25) is 0 Å². The molecule has 192 valence electrons. The maximum Gasteiger partial charge on any atom is 0.245 e. The summed E-state index contributed by atoms with van der Waals surface area (Å²) in [6.07, 6.45) is 2.82. The average Bonchev–Trinajstić information content (AvgIpc) is 3.58. The number of amides is 1. The first-order chi connectivity index (χ1) is 17.5. The molecule has 0 radical (unpaired) electrons. The fourth-order valence-electron chi connectivity index (χ4n) is 5.07. The van der Waals surface area contributed by atoms with Crippen molar-refractivity contribution >= 4 is 27.0 Å². The molecule has 1 aromatic heterocycles. The lowest BCUT2D eigenvalue weighted by Crippen LogP contribution is -2.44. The van der Waals surface area contributed by atoms with Gasteiger partial charge in [0.1, 0.15) is 10.4 Å². The van der Waals surface area contributed by atoms with E-state index in [-0.39, 0.29) is 22.2 Å². The number of benzene rings is 2. The van der Waals surface area contributed by atoms with E-state index in [0.29, 0.717) is 56.3 Å². The number of fused-ring (bicyclic) bond motifs is 1. The molecule has 10 nitrogen and oxygen atoms in total. The van der Waals surface area contributed by atoms with Crippen molar-refractivity contribution in [2.45, 2.75) is 30.6 Å². The van der Waals surface area contributed by atoms with E-state index in [4.69, 9.17) is 14.1 Å². The zero-order valence-electron chi connectivity index (χ0n) is 20.2. The van der Waals surface area contributed by atoms with Crippen LogP contribution >= 0.6 is 0 Å². The second-order valence-electron chi connectivity index (χ2n) is 9.29. The molecule has 1 unspecified atom stereocenters. The van der Waals surface area contributed by atoms with Gasteiger partial charge in [-0.3, -0.25) is 4.79 Å². The summed E-state index contributed by atoms with van der Waals surface area (Å²) in [5, 5.41) is 7.49. The Kier molecular flexibility index (Phi) is 7.10. The van der Waals surface area contributed by atoms with Crippen LogP contribution in [0, 0.1) is 11.8 Å². The molecule has 0 N–H and O–H groups in total. The third-order valence-corrected chi connectivity index (χ3v) is 9.05. The number of nitrogens with zero attached hydrogens (tertiary/aromatic N) is 4. The summed E-state index contributed by atoms with van der Waals surface area (Å²) in [7, 11) is -2.13. The Labute approximate surface area is 210 Å². The molecule has 2 aromatic carbocycles. The first kappa shape index (κ1) is 24.5. The number of aromatic nitrogens is 2. The Balaban J connectivity index is 1.11. The van der Waals surface area contributed by atoms with E-state index >= 15 is 0 Å². The summed E-state index contributed by atoms with van der Waals surface area (Å²) in [5.41, 5.74) is 0.631. The molecule has 11 heteroatoms. The Morgan fingerprint density at radius 3 is 2.58 bits per heavy atom. The Morgan fingerprint density at radius 2 is 1.81 bits per heavy atom. The fraction of sp³-hybridized carbons (Fsp3) is 0.480. The van der Waals surface area contributed by atoms with Crippen LogP contribution in [0.5, 0.6) is 11.5 Å². The van der Waals surface area contributed by atoms with E-state index in [1.807, 2.05) is 29.2 Å². The van der Waals surface area contributed by atoms with Gasteiger partial charge in [0, 0.05) is 32.1 Å². The first-order valence-corrected chi connectivity index (χ1v) is 13.7. The number of hydrogen-bond acceptors (Lipinski definition) is 8. The average molecular weight is 515 g/mol. The van der Waals surface area contributed by atoms with Gasteiger partial charge < -0.3 is 14.4 Å². The number of piperidine rings is 1. The van der Waals surface area contributed by atoms with Crippen LogP contribution in [-0.4, -0.2) is 73.7 Å². The maximum absolute atomic E-state index is 13.2. The molecule has 2 saturated heterocycles. The van der Waals surface area contributed by atoms with Gasteiger partial charge in [0.15, 0.2) is 17.0 Å². The molecule has 0 saturated carbocycles. The third kappa shape index (κ3) is 4.90. The van der Waals surface area contributed by atoms with Crippen molar-refractivity contribution in [1.82, 2.24) is 19.5 Å². The predicted octanol–water partition coefficient (Wildman–Crippen LogP) is 2.95. The lowest BCUT2D eigenvalue weighted by Gasteiger charge is -2.32. The lowest BCUT2D eigenvalue weighted by atomic mass is 9.96. The molecule has 1 amide bonds. The van der Waals surface area contributed by atoms with Crippen molar-refractivity contribution in [2.24, 2.45) is 11.8 Å². The third-order valence-electron chi connectivity index (χ3n) is 7.12. The quantitative estimate of drug-likeness (QED) is 0.451. The van der Waals surface area contributed by atoms with Crippen LogP contribution in [0.15, 0.2) is 52.0 Å². The highest BCUT2D eigenvalue weighted by Crippen LogP contribution is 2.31. The van der Waals surface area contributed by atoms with Gasteiger partial charge in [-0.05, 0) is 66.2 Å². The summed E-state index contributed by atoms with van der Waals surface area (Å²) >= 11 is 0. The number of likely N-dealkylation sites (tertiary alicyclic amines) is 1. The number of carbonyl (C=O) groups is 1. The van der Waals surface area contributed by atoms with E-state index in [1.165, 1.54) is 10.4 Å². The largest absolute Gasteiger partial charge is 0.493 e. The predicted molar refractivity (Wildman–Crippen MR) is 131 cm³/mol. The molecule has 1 atom stereocenters. The number of carbonyl (C=O) groups excluding carboxylic acids is 1. The maximum atomic E-state index is 13.2. The molecule has 5 rings (SSSR count). The van der Waals surface area contributed by atoms with E-state index in [9.17, 15) is 13.2 Å². The molecule has 2 aliphatic rings. The normalized spacial score (nSPS) is 19.6. The number of methoxy groups -OCH3 is 1. The van der Waals surface area contributed by atoms with E-state index in [2.05, 4.69) is 10.3 Å². The number of sulfonamides is 1. The Morgan fingerprint density at radius 1 is 1.03 bits per heavy atom. The second-order valence-corrected chi connectivity index (χ2v) is 11.2. The van der Waals surface area contributed by atoms with Crippen LogP contribution in [0.3, 0.4) is 0 Å². The minimum atomic E-state index is -3.75. The molecule has 3 heterocycles. The molecular formula is C25H30N4O6S. The summed E-state index contributed by atoms with van der Waals surface area (Å²) in [5.74, 6) is 1.79. The minimum Gasteiger partial charge on any atom is -0.493 e. The summed E-state index contributed by atoms with van der Waals surface area (Å²) in [6.45, 7) is 2.61. The zero-order valence-corrected chi connectivity index (χ0v) is 21.0. The van der Waals surface area contributed by atoms with Gasteiger partial charge in [0.05, 0.1) is 13.7 Å². The molecule has 0 aliphatic carbocycles. The van der Waals surface area contributed by atoms with Crippen molar-refractivity contribution in [3.63, 3.8) is 0 Å². The van der Waals surface area contributed by atoms with Crippen LogP contribution in [-0.2, 0) is 14.8 Å². The molecular weight excluding hydrogens is 484 g/mol. The smallest absolute Gasteiger partial charge is 0.245 e. The fourth-order valence-corrected chi connectivity index (χ4v) is 6.68. The highest BCUT2D eigenvalue weighted by Gasteiger charge is 2.36. The van der Waals surface area contributed by atoms with Gasteiger partial charge in [-0.2, -0.15) is 4.31 Å². The highest BCUT2D eigenvalue weighted by atomic mass is 32.2. The lowest BCUT2D eigenvalue weighted by molar-refractivity contribution is -0.135. The van der Waals surface area contributed by atoms with Crippen LogP contribution in [0.25, 0.3) is 11.0 Å². The highest BCUT2D eigenvalue weighted by molar-refractivity contribution is 7.89. The van der Waals surface area contributed by atoms with Crippen molar-refractivity contribution in [1.29, 1.82) is 0 Å². The minimum absolute atomic E-state index is 0.0868. The van der Waals surface area contributed by atoms with Gasteiger partial charge in [-0.15, -0.1) is 0 Å². The molecule has 3 aromatic rings. The summed E-state index contributed by atoms with van der Waals surface area (Å²) in [6, 6.07) is 12.4. The number of hydrogen-bond donors (Lipinski definition) is 0. The molecule has 2 aliphatic heterocycles. The van der Waals surface area contributed by atoms with Crippen molar-refractivity contribution in [3.05, 3.63) is 42.5 Å². The van der Waals surface area contributed by atoms with Gasteiger partial charge in [-0.1, -0.05) is 18.2 Å². The number of rotatable bonds is 8. The molecule has 2 fully saturated rings. The summed E-state index contributed by atoms with van der Waals surface area (Å²) < 4.78 is 43.8. The van der Waals surface area contributed by atoms with E-state index in [1.54, 1.807) is 19.2 Å². The molecule has 0 bridgehead atoms. The zero-order chi connectivity index (χ0) is 25.1. The second kappa shape index (κ2) is 10.4. The number of para-hydroxylation sites is 2. The SMILES string of the molecule is COc1ccccc1OCCC1CCN(C(=O)C2CCN(S(=O)(=O)c3cccc4nonc34)CC2)C1. The topological polar surface area (TPSA) is 115 Å². The van der Waals surface area contributed by atoms with Crippen molar-refractivity contribution in [2.75, 3.05) is 39.9 Å². The van der Waals surface area contributed by atoms with Gasteiger partial charge >= 0.3 is 0 Å². The van der Waals surface area contributed by atoms with Crippen LogP contribution < -0.4 is 9.47 Å². The van der Waals surface area contributed by atoms with Crippen molar-refractivity contribution in [3.8, 4) is 11.5 Å². The van der Waals surface area contributed by atoms with Crippen LogP contribution in [0.1, 0.15) is 25.7 Å². The Hall–Kier alpha value is -3.18. The monoisotopic (exact) mass is 514 g/mol. The molecule has 0 spiro atoms.